The zero-order valence-electron chi connectivity index (χ0n) is 14.2. The average Bonchev–Trinajstić information content (AvgIpc) is 3.40. The number of piperazine rings is 1. The topological polar surface area (TPSA) is 54.3 Å². The first kappa shape index (κ1) is 16.5. The molecule has 0 spiro atoms. The monoisotopic (exact) mass is 365 g/mol. The van der Waals surface area contributed by atoms with E-state index in [4.69, 9.17) is 0 Å². The predicted octanol–water partition coefficient (Wildman–Crippen LogP) is 2.69. The Morgan fingerprint density at radius 1 is 0.962 bits per heavy atom. The molecule has 1 fully saturated rings. The van der Waals surface area contributed by atoms with Crippen LogP contribution in [0.1, 0.15) is 4.88 Å². The second-order valence-corrected chi connectivity index (χ2v) is 6.98. The number of amides is 1. The molecule has 0 aliphatic carbocycles. The molecule has 132 valence electrons. The fourth-order valence-electron chi connectivity index (χ4n) is 2.91. The summed E-state index contributed by atoms with van der Waals surface area (Å²) in [4.78, 5) is 17.4. The van der Waals surface area contributed by atoms with Crippen LogP contribution in [0.25, 0.3) is 11.9 Å². The van der Waals surface area contributed by atoms with Gasteiger partial charge in [0.1, 0.15) is 0 Å². The van der Waals surface area contributed by atoms with Gasteiger partial charge in [-0.2, -0.15) is 0 Å². The molecule has 4 heterocycles. The zero-order chi connectivity index (χ0) is 17.8. The number of thiophene rings is 1. The SMILES string of the molecule is O=C(/C=C/c1cccs1)N1CCN(c2ccc(-n3cccc3)nn2)CC1. The van der Waals surface area contributed by atoms with E-state index in [0.29, 0.717) is 13.1 Å². The molecule has 6 nitrogen and oxygen atoms in total. The van der Waals surface area contributed by atoms with Gasteiger partial charge in [0.2, 0.25) is 5.91 Å². The average molecular weight is 365 g/mol. The van der Waals surface area contributed by atoms with Crippen LogP contribution in [0.3, 0.4) is 0 Å². The zero-order valence-corrected chi connectivity index (χ0v) is 15.0. The van der Waals surface area contributed by atoms with Crippen molar-refractivity contribution in [2.75, 3.05) is 31.1 Å². The van der Waals surface area contributed by atoms with Crippen molar-refractivity contribution in [2.45, 2.75) is 0 Å². The highest BCUT2D eigenvalue weighted by Gasteiger charge is 2.20. The molecule has 4 rings (SSSR count). The Morgan fingerprint density at radius 3 is 2.35 bits per heavy atom. The normalized spacial score (nSPS) is 14.9. The lowest BCUT2D eigenvalue weighted by atomic mass is 10.3. The molecule has 1 aliphatic heterocycles. The fourth-order valence-corrected chi connectivity index (χ4v) is 3.53. The Hall–Kier alpha value is -2.93. The van der Waals surface area contributed by atoms with E-state index in [1.807, 2.05) is 69.7 Å². The van der Waals surface area contributed by atoms with Crippen LogP contribution < -0.4 is 4.90 Å². The van der Waals surface area contributed by atoms with Crippen LogP contribution in [0.4, 0.5) is 5.82 Å². The van der Waals surface area contributed by atoms with Crippen LogP contribution in [0.5, 0.6) is 0 Å². The van der Waals surface area contributed by atoms with Crippen molar-refractivity contribution < 1.29 is 4.79 Å². The van der Waals surface area contributed by atoms with Gasteiger partial charge in [0.05, 0.1) is 0 Å². The summed E-state index contributed by atoms with van der Waals surface area (Å²) in [5.41, 5.74) is 0. The van der Waals surface area contributed by atoms with E-state index in [-0.39, 0.29) is 5.91 Å². The highest BCUT2D eigenvalue weighted by Crippen LogP contribution is 2.15. The number of anilines is 1. The number of aromatic nitrogens is 3. The minimum Gasteiger partial charge on any atom is -0.352 e. The maximum absolute atomic E-state index is 12.3. The molecule has 7 heteroatoms. The van der Waals surface area contributed by atoms with Gasteiger partial charge in [-0.3, -0.25) is 4.79 Å². The first-order valence-electron chi connectivity index (χ1n) is 8.52. The molecule has 26 heavy (non-hydrogen) atoms. The van der Waals surface area contributed by atoms with E-state index in [9.17, 15) is 4.79 Å². The Morgan fingerprint density at radius 2 is 1.69 bits per heavy atom. The van der Waals surface area contributed by atoms with Crippen molar-refractivity contribution in [1.82, 2.24) is 19.7 Å². The molecule has 3 aromatic rings. The first-order valence-corrected chi connectivity index (χ1v) is 9.40. The van der Waals surface area contributed by atoms with Crippen LogP contribution >= 0.6 is 11.3 Å². The largest absolute Gasteiger partial charge is 0.352 e. The quantitative estimate of drug-likeness (QED) is 0.667. The molecule has 0 bridgehead atoms. The Balaban J connectivity index is 1.34. The van der Waals surface area contributed by atoms with Gasteiger partial charge in [0, 0.05) is 49.5 Å². The van der Waals surface area contributed by atoms with Crippen molar-refractivity contribution in [3.05, 3.63) is 65.1 Å². The summed E-state index contributed by atoms with van der Waals surface area (Å²) in [6.07, 6.45) is 7.42. The number of hydrogen-bond donors (Lipinski definition) is 0. The Labute approximate surface area is 156 Å². The smallest absolute Gasteiger partial charge is 0.246 e. The standard InChI is InChI=1S/C19H19N5OS/c25-19(8-5-16-4-3-15-26-16)24-13-11-23(12-14-24)18-7-6-17(20-21-18)22-9-1-2-10-22/h1-10,15H,11-14H2/b8-5+. The molecule has 0 atom stereocenters. The van der Waals surface area contributed by atoms with Crippen molar-refractivity contribution >= 4 is 29.1 Å². The molecule has 0 saturated carbocycles. The predicted molar refractivity (Wildman–Crippen MR) is 104 cm³/mol. The third-order valence-corrected chi connectivity index (χ3v) is 5.19. The summed E-state index contributed by atoms with van der Waals surface area (Å²) < 4.78 is 1.92. The third kappa shape index (κ3) is 3.67. The summed E-state index contributed by atoms with van der Waals surface area (Å²) in [5.74, 6) is 1.71. The van der Waals surface area contributed by atoms with Gasteiger partial charge >= 0.3 is 0 Å². The minimum atomic E-state index is 0.0621. The molecule has 3 aromatic heterocycles. The van der Waals surface area contributed by atoms with Crippen LogP contribution in [0.15, 0.2) is 60.2 Å². The molecule has 0 unspecified atom stereocenters. The van der Waals surface area contributed by atoms with Gasteiger partial charge in [-0.1, -0.05) is 6.07 Å². The fraction of sp³-hybridized carbons (Fsp3) is 0.211. The molecule has 0 aromatic carbocycles. The van der Waals surface area contributed by atoms with E-state index in [1.54, 1.807) is 17.4 Å². The lowest BCUT2D eigenvalue weighted by Crippen LogP contribution is -2.48. The summed E-state index contributed by atoms with van der Waals surface area (Å²) in [6.45, 7) is 2.90. The number of nitrogens with zero attached hydrogens (tertiary/aromatic N) is 5. The molecule has 1 amide bonds. The minimum absolute atomic E-state index is 0.0621. The third-order valence-electron chi connectivity index (χ3n) is 4.35. The maximum atomic E-state index is 12.3. The number of carbonyl (C=O) groups excluding carboxylic acids is 1. The van der Waals surface area contributed by atoms with Gasteiger partial charge in [-0.05, 0) is 41.8 Å². The number of carbonyl (C=O) groups is 1. The lowest BCUT2D eigenvalue weighted by molar-refractivity contribution is -0.126. The number of hydrogen-bond acceptors (Lipinski definition) is 5. The second kappa shape index (κ2) is 7.53. The maximum Gasteiger partial charge on any atom is 0.246 e. The molecular weight excluding hydrogens is 346 g/mol. The molecule has 0 N–H and O–H groups in total. The van der Waals surface area contributed by atoms with E-state index in [0.717, 1.165) is 29.6 Å². The van der Waals surface area contributed by atoms with Gasteiger partial charge < -0.3 is 14.4 Å². The molecular formula is C19H19N5OS. The Kier molecular flexibility index (Phi) is 4.79. The van der Waals surface area contributed by atoms with Gasteiger partial charge in [0.15, 0.2) is 11.6 Å². The van der Waals surface area contributed by atoms with E-state index >= 15 is 0 Å². The lowest BCUT2D eigenvalue weighted by Gasteiger charge is -2.34. The molecule has 1 saturated heterocycles. The molecule has 0 radical (unpaired) electrons. The summed E-state index contributed by atoms with van der Waals surface area (Å²) in [7, 11) is 0. The number of rotatable bonds is 4. The second-order valence-electron chi connectivity index (χ2n) is 6.00. The first-order chi connectivity index (χ1) is 12.8. The van der Waals surface area contributed by atoms with Crippen molar-refractivity contribution in [3.63, 3.8) is 0 Å². The molecule has 1 aliphatic rings. The van der Waals surface area contributed by atoms with Crippen LogP contribution in [0, 0.1) is 0 Å². The highest BCUT2D eigenvalue weighted by molar-refractivity contribution is 7.10. The summed E-state index contributed by atoms with van der Waals surface area (Å²) in [6, 6.07) is 11.8. The van der Waals surface area contributed by atoms with Crippen molar-refractivity contribution in [1.29, 1.82) is 0 Å². The van der Waals surface area contributed by atoms with Gasteiger partial charge in [-0.25, -0.2) is 0 Å². The van der Waals surface area contributed by atoms with Crippen LogP contribution in [0.2, 0.25) is 0 Å². The summed E-state index contributed by atoms with van der Waals surface area (Å²) in [5, 5.41) is 10.6. The summed E-state index contributed by atoms with van der Waals surface area (Å²) >= 11 is 1.63. The van der Waals surface area contributed by atoms with Crippen LogP contribution in [-0.4, -0.2) is 51.8 Å². The van der Waals surface area contributed by atoms with Crippen LogP contribution in [-0.2, 0) is 4.79 Å². The van der Waals surface area contributed by atoms with E-state index < -0.39 is 0 Å². The van der Waals surface area contributed by atoms with E-state index in [1.165, 1.54) is 0 Å². The van der Waals surface area contributed by atoms with Gasteiger partial charge in [-0.15, -0.1) is 21.5 Å². The highest BCUT2D eigenvalue weighted by atomic mass is 32.1. The van der Waals surface area contributed by atoms with E-state index in [2.05, 4.69) is 15.1 Å². The van der Waals surface area contributed by atoms with Crippen molar-refractivity contribution in [3.8, 4) is 5.82 Å². The van der Waals surface area contributed by atoms with Crippen molar-refractivity contribution in [2.24, 2.45) is 0 Å². The van der Waals surface area contributed by atoms with Gasteiger partial charge in [0.25, 0.3) is 0 Å². The Bertz CT molecular complexity index is 863.